The van der Waals surface area contributed by atoms with Crippen LogP contribution in [0.25, 0.3) is 0 Å². The molecule has 2 atom stereocenters. The average molecular weight is 673 g/mol. The van der Waals surface area contributed by atoms with Crippen molar-refractivity contribution in [1.29, 1.82) is 0 Å². The maximum atomic E-state index is 13.9. The highest BCUT2D eigenvalue weighted by molar-refractivity contribution is 8.00. The topological polar surface area (TPSA) is 139 Å². The predicted molar refractivity (Wildman–Crippen MR) is 168 cm³/mol. The van der Waals surface area contributed by atoms with Crippen molar-refractivity contribution < 1.29 is 28.8 Å². The van der Waals surface area contributed by atoms with Crippen LogP contribution in [-0.4, -0.2) is 64.1 Å². The van der Waals surface area contributed by atoms with Crippen LogP contribution in [0.1, 0.15) is 22.9 Å². The van der Waals surface area contributed by atoms with Crippen molar-refractivity contribution >= 4 is 81.3 Å². The van der Waals surface area contributed by atoms with Gasteiger partial charge in [0.25, 0.3) is 11.8 Å². The highest BCUT2D eigenvalue weighted by Crippen LogP contribution is 2.42. The van der Waals surface area contributed by atoms with E-state index in [0.29, 0.717) is 12.0 Å². The molecular formula is C29H23Cl2N5O6S2. The van der Waals surface area contributed by atoms with Crippen LogP contribution in [0.3, 0.4) is 0 Å². The summed E-state index contributed by atoms with van der Waals surface area (Å²) in [6, 6.07) is 17.4. The minimum Gasteiger partial charge on any atom is -0.448 e. The number of carbonyl (C=O) groups is 4. The molecule has 3 amide bonds. The van der Waals surface area contributed by atoms with E-state index >= 15 is 0 Å². The fraction of sp³-hybridized carbons (Fsp3) is 0.172. The van der Waals surface area contributed by atoms with E-state index in [0.717, 1.165) is 22.5 Å². The number of allylic oxidation sites excluding steroid dienone is 1. The van der Waals surface area contributed by atoms with Crippen LogP contribution >= 0.6 is 46.3 Å². The number of ether oxygens (including phenoxy) is 1. The molecular weight excluding hydrogens is 649 g/mol. The number of nitrogens with one attached hydrogen (secondary N) is 2. The van der Waals surface area contributed by atoms with E-state index in [1.54, 1.807) is 0 Å². The standard InChI is InChI=1S/C29H23Cl2N5O6S2/c1-41-35-21(19-14-44-29(33-19)32-15-37)25(38)34-22-26(39)36-23(18(12-20(30)31)13-43-27(22)36)28(40)42-24(16-8-4-2-5-9-16)17-10-6-3-7-11-17/h2-12,14-15,22,24,27H,13H2,1H3,(H,34,38)(H,32,33,37)/t22?,27-/m0/s1. The summed E-state index contributed by atoms with van der Waals surface area (Å²) in [6.45, 7) is 0. The van der Waals surface area contributed by atoms with E-state index in [1.165, 1.54) is 35.2 Å². The number of rotatable bonds is 11. The zero-order valence-electron chi connectivity index (χ0n) is 22.8. The number of amides is 3. The second kappa shape index (κ2) is 14.1. The molecule has 1 aromatic heterocycles. The highest BCUT2D eigenvalue weighted by atomic mass is 35.5. The number of oxime groups is 1. The number of nitrogens with zero attached hydrogens (tertiary/aromatic N) is 3. The number of carbonyl (C=O) groups excluding carboxylic acids is 4. The van der Waals surface area contributed by atoms with Crippen LogP contribution in [0.2, 0.25) is 0 Å². The number of aromatic nitrogens is 1. The zero-order valence-corrected chi connectivity index (χ0v) is 26.0. The summed E-state index contributed by atoms with van der Waals surface area (Å²) in [5.41, 5.74) is 1.79. The van der Waals surface area contributed by atoms with E-state index in [-0.39, 0.29) is 32.5 Å². The van der Waals surface area contributed by atoms with Crippen LogP contribution in [0.5, 0.6) is 0 Å². The van der Waals surface area contributed by atoms with Gasteiger partial charge in [-0.3, -0.25) is 19.3 Å². The maximum Gasteiger partial charge on any atom is 0.356 e. The first-order chi connectivity index (χ1) is 21.3. The highest BCUT2D eigenvalue weighted by Gasteiger charge is 2.54. The van der Waals surface area contributed by atoms with E-state index < -0.39 is 35.3 Å². The molecule has 2 aliphatic rings. The number of anilines is 1. The lowest BCUT2D eigenvalue weighted by Crippen LogP contribution is -2.71. The SMILES string of the molecule is CON=C(C(=O)NC1C(=O)N2C(C(=O)OC(c3ccccc3)c3ccccc3)=C(C=C(Cl)Cl)CS[C@@H]12)c1csc(NC=O)n1. The molecule has 0 spiro atoms. The molecule has 5 rings (SSSR count). The predicted octanol–water partition coefficient (Wildman–Crippen LogP) is 4.37. The Balaban J connectivity index is 1.41. The van der Waals surface area contributed by atoms with Crippen LogP contribution < -0.4 is 10.6 Å². The fourth-order valence-electron chi connectivity index (χ4n) is 4.63. The van der Waals surface area contributed by atoms with Gasteiger partial charge in [0.2, 0.25) is 6.41 Å². The number of hydrogen-bond acceptors (Lipinski definition) is 10. The Morgan fingerprint density at radius 1 is 1.11 bits per heavy atom. The molecule has 0 aliphatic carbocycles. The molecule has 1 unspecified atom stereocenters. The Kier molecular flexibility index (Phi) is 10.0. The van der Waals surface area contributed by atoms with E-state index in [9.17, 15) is 19.2 Å². The van der Waals surface area contributed by atoms with E-state index in [2.05, 4.69) is 20.8 Å². The third-order valence-electron chi connectivity index (χ3n) is 6.52. The molecule has 3 aromatic rings. The molecule has 3 heterocycles. The molecule has 44 heavy (non-hydrogen) atoms. The minimum absolute atomic E-state index is 0.0187. The smallest absolute Gasteiger partial charge is 0.356 e. The molecule has 2 N–H and O–H groups in total. The summed E-state index contributed by atoms with van der Waals surface area (Å²) in [5.74, 6) is -1.79. The largest absolute Gasteiger partial charge is 0.448 e. The lowest BCUT2D eigenvalue weighted by molar-refractivity contribution is -0.154. The zero-order chi connectivity index (χ0) is 31.2. The minimum atomic E-state index is -1.00. The first kappa shape index (κ1) is 31.3. The van der Waals surface area contributed by atoms with Crippen LogP contribution in [0, 0.1) is 0 Å². The summed E-state index contributed by atoms with van der Waals surface area (Å²) < 4.78 is 5.97. The van der Waals surface area contributed by atoms with Crippen molar-refractivity contribution in [3.8, 4) is 0 Å². The second-order valence-corrected chi connectivity index (χ2v) is 12.2. The van der Waals surface area contributed by atoms with Gasteiger partial charge in [-0.1, -0.05) is 89.0 Å². The van der Waals surface area contributed by atoms with Crippen molar-refractivity contribution in [2.45, 2.75) is 17.5 Å². The van der Waals surface area contributed by atoms with Gasteiger partial charge in [-0.05, 0) is 22.8 Å². The molecule has 11 nitrogen and oxygen atoms in total. The molecule has 2 aromatic carbocycles. The molecule has 1 fully saturated rings. The van der Waals surface area contributed by atoms with Crippen molar-refractivity contribution in [3.63, 3.8) is 0 Å². The van der Waals surface area contributed by atoms with Gasteiger partial charge in [0, 0.05) is 11.1 Å². The molecule has 0 saturated carbocycles. The Hall–Kier alpha value is -4.17. The fourth-order valence-corrected chi connectivity index (χ4v) is 6.85. The maximum absolute atomic E-state index is 13.9. The Morgan fingerprint density at radius 2 is 1.77 bits per heavy atom. The lowest BCUT2D eigenvalue weighted by atomic mass is 10.0. The third-order valence-corrected chi connectivity index (χ3v) is 8.81. The number of β-lactam (4-membered cyclic amide) rings is 1. The van der Waals surface area contributed by atoms with Gasteiger partial charge in [0.05, 0.1) is 0 Å². The number of halogens is 2. The molecule has 0 bridgehead atoms. The number of benzene rings is 2. The van der Waals surface area contributed by atoms with Gasteiger partial charge in [-0.15, -0.1) is 23.1 Å². The van der Waals surface area contributed by atoms with E-state index in [4.69, 9.17) is 32.8 Å². The monoisotopic (exact) mass is 671 g/mol. The van der Waals surface area contributed by atoms with Gasteiger partial charge in [0.1, 0.15) is 34.4 Å². The average Bonchev–Trinajstić information content (AvgIpc) is 3.49. The van der Waals surface area contributed by atoms with Gasteiger partial charge >= 0.3 is 5.97 Å². The summed E-state index contributed by atoms with van der Waals surface area (Å²) >= 11 is 14.3. The third kappa shape index (κ3) is 6.65. The van der Waals surface area contributed by atoms with E-state index in [1.807, 2.05) is 60.7 Å². The normalized spacial score (nSPS) is 17.8. The molecule has 2 aliphatic heterocycles. The number of hydrogen-bond donors (Lipinski definition) is 2. The second-order valence-electron chi connectivity index (χ2n) is 9.20. The number of thiazole rings is 1. The van der Waals surface area contributed by atoms with Gasteiger partial charge < -0.3 is 20.2 Å². The van der Waals surface area contributed by atoms with Crippen LogP contribution in [0.15, 0.2) is 93.0 Å². The van der Waals surface area contributed by atoms with Crippen molar-refractivity contribution in [2.24, 2.45) is 5.16 Å². The summed E-state index contributed by atoms with van der Waals surface area (Å²) in [5, 5.41) is 9.95. The molecule has 1 saturated heterocycles. The van der Waals surface area contributed by atoms with Crippen molar-refractivity contribution in [3.05, 3.63) is 105 Å². The lowest BCUT2D eigenvalue weighted by Gasteiger charge is -2.49. The van der Waals surface area contributed by atoms with Crippen molar-refractivity contribution in [2.75, 3.05) is 18.2 Å². The Morgan fingerprint density at radius 3 is 2.36 bits per heavy atom. The Bertz CT molecular complexity index is 1620. The first-order valence-corrected chi connectivity index (χ1v) is 15.6. The number of thioether (sulfide) groups is 1. The summed E-state index contributed by atoms with van der Waals surface area (Å²) in [7, 11) is 1.26. The van der Waals surface area contributed by atoms with Gasteiger partial charge in [-0.25, -0.2) is 9.78 Å². The van der Waals surface area contributed by atoms with Gasteiger partial charge in [0.15, 0.2) is 16.9 Å². The molecule has 0 radical (unpaired) electrons. The summed E-state index contributed by atoms with van der Waals surface area (Å²) in [4.78, 5) is 61.7. The first-order valence-electron chi connectivity index (χ1n) is 12.9. The van der Waals surface area contributed by atoms with Crippen LogP contribution in [0.4, 0.5) is 5.13 Å². The summed E-state index contributed by atoms with van der Waals surface area (Å²) in [6.07, 6.45) is 1.09. The van der Waals surface area contributed by atoms with Crippen molar-refractivity contribution in [1.82, 2.24) is 15.2 Å². The Labute approximate surface area is 269 Å². The van der Waals surface area contributed by atoms with Gasteiger partial charge in [-0.2, -0.15) is 0 Å². The number of fused-ring (bicyclic) bond motifs is 1. The molecule has 226 valence electrons. The van der Waals surface area contributed by atoms with Crippen LogP contribution in [-0.2, 0) is 28.8 Å². The number of esters is 1. The quantitative estimate of drug-likeness (QED) is 0.101. The molecule has 15 heteroatoms.